The van der Waals surface area contributed by atoms with Crippen molar-refractivity contribution < 1.29 is 22.8 Å². The number of nitrogen functional groups attached to an aromatic ring is 1. The number of nitrogens with one attached hydrogen (secondary N) is 1. The first-order valence-electron chi connectivity index (χ1n) is 9.57. The summed E-state index contributed by atoms with van der Waals surface area (Å²) in [5.74, 6) is 0.170. The van der Waals surface area contributed by atoms with Crippen LogP contribution in [0, 0.1) is 0 Å². The SMILES string of the molecule is COc1cccc(S(=O)(=O)O)c1N(Nc1ccccc1N)c1cccc2cccc(O)c12. The van der Waals surface area contributed by atoms with Crippen molar-refractivity contribution >= 4 is 43.6 Å². The van der Waals surface area contributed by atoms with Gasteiger partial charge >= 0.3 is 0 Å². The van der Waals surface area contributed by atoms with Gasteiger partial charge in [-0.1, -0.05) is 42.5 Å². The van der Waals surface area contributed by atoms with Crippen LogP contribution < -0.4 is 20.9 Å². The van der Waals surface area contributed by atoms with Gasteiger partial charge in [-0.15, -0.1) is 0 Å². The summed E-state index contributed by atoms with van der Waals surface area (Å²) in [7, 11) is -3.25. The van der Waals surface area contributed by atoms with Crippen molar-refractivity contribution in [3.05, 3.63) is 78.9 Å². The van der Waals surface area contributed by atoms with E-state index in [4.69, 9.17) is 10.5 Å². The van der Waals surface area contributed by atoms with Crippen LogP contribution in [0.5, 0.6) is 11.5 Å². The predicted molar refractivity (Wildman–Crippen MR) is 125 cm³/mol. The van der Waals surface area contributed by atoms with Crippen molar-refractivity contribution in [2.24, 2.45) is 0 Å². The van der Waals surface area contributed by atoms with Gasteiger partial charge in [0.05, 0.1) is 24.2 Å². The van der Waals surface area contributed by atoms with Crippen LogP contribution in [0.1, 0.15) is 0 Å². The average Bonchev–Trinajstić information content (AvgIpc) is 2.77. The number of fused-ring (bicyclic) bond motifs is 1. The summed E-state index contributed by atoms with van der Waals surface area (Å²) in [4.78, 5) is -0.383. The number of benzene rings is 4. The lowest BCUT2D eigenvalue weighted by atomic mass is 10.1. The highest BCUT2D eigenvalue weighted by molar-refractivity contribution is 7.86. The molecule has 0 radical (unpaired) electrons. The Hall–Kier alpha value is -3.95. The number of anilines is 4. The lowest BCUT2D eigenvalue weighted by Gasteiger charge is -2.30. The van der Waals surface area contributed by atoms with Crippen LogP contribution in [0.2, 0.25) is 0 Å². The zero-order valence-corrected chi connectivity index (χ0v) is 17.9. The van der Waals surface area contributed by atoms with Gasteiger partial charge < -0.3 is 15.6 Å². The van der Waals surface area contributed by atoms with E-state index in [1.807, 2.05) is 12.1 Å². The molecule has 4 aromatic rings. The number of para-hydroxylation sites is 3. The Kier molecular flexibility index (Phi) is 5.52. The Morgan fingerprint density at radius 1 is 0.938 bits per heavy atom. The number of hydrogen-bond acceptors (Lipinski definition) is 7. The Bertz CT molecular complexity index is 1400. The fourth-order valence-corrected chi connectivity index (χ4v) is 4.23. The molecular weight excluding hydrogens is 430 g/mol. The summed E-state index contributed by atoms with van der Waals surface area (Å²) in [6, 6.07) is 21.6. The van der Waals surface area contributed by atoms with Gasteiger partial charge in [-0.05, 0) is 41.8 Å². The van der Waals surface area contributed by atoms with Crippen LogP contribution >= 0.6 is 0 Å². The quantitative estimate of drug-likeness (QED) is 0.191. The molecule has 0 saturated heterocycles. The molecule has 4 rings (SSSR count). The topological polar surface area (TPSA) is 125 Å². The number of phenolic OH excluding ortho intramolecular Hbond substituents is 1. The Balaban J connectivity index is 2.08. The molecule has 0 amide bonds. The molecule has 0 aliphatic rings. The molecule has 0 atom stereocenters. The summed E-state index contributed by atoms with van der Waals surface area (Å²) in [5.41, 5.74) is 10.6. The summed E-state index contributed by atoms with van der Waals surface area (Å²) in [5, 5.41) is 13.3. The van der Waals surface area contributed by atoms with Crippen molar-refractivity contribution in [2.45, 2.75) is 4.90 Å². The highest BCUT2D eigenvalue weighted by atomic mass is 32.2. The third-order valence-corrected chi connectivity index (χ3v) is 5.86. The van der Waals surface area contributed by atoms with E-state index in [1.54, 1.807) is 48.5 Å². The molecule has 0 saturated carbocycles. The predicted octanol–water partition coefficient (Wildman–Crippen LogP) is 4.55. The minimum absolute atomic E-state index is 0.00534. The van der Waals surface area contributed by atoms with Crippen LogP contribution in [-0.4, -0.2) is 25.2 Å². The molecule has 0 heterocycles. The zero-order valence-electron chi connectivity index (χ0n) is 17.1. The van der Waals surface area contributed by atoms with Crippen LogP contribution in [-0.2, 0) is 10.1 Å². The van der Waals surface area contributed by atoms with Gasteiger partial charge in [0.1, 0.15) is 22.1 Å². The molecule has 0 bridgehead atoms. The fraction of sp³-hybridized carbons (Fsp3) is 0.0435. The molecule has 0 aliphatic heterocycles. The first-order chi connectivity index (χ1) is 15.3. The molecular formula is C23H21N3O5S. The summed E-state index contributed by atoms with van der Waals surface area (Å²) < 4.78 is 40.0. The van der Waals surface area contributed by atoms with E-state index in [0.717, 1.165) is 5.39 Å². The second-order valence-corrected chi connectivity index (χ2v) is 8.36. The zero-order chi connectivity index (χ0) is 22.9. The number of hydrazine groups is 1. The van der Waals surface area contributed by atoms with Crippen molar-refractivity contribution in [3.8, 4) is 11.5 Å². The van der Waals surface area contributed by atoms with Gasteiger partial charge in [0, 0.05) is 5.39 Å². The Labute approximate surface area is 185 Å². The van der Waals surface area contributed by atoms with Gasteiger partial charge in [0.15, 0.2) is 0 Å². The molecule has 0 aliphatic carbocycles. The van der Waals surface area contributed by atoms with Gasteiger partial charge in [-0.25, -0.2) is 0 Å². The highest BCUT2D eigenvalue weighted by Crippen LogP contribution is 2.43. The van der Waals surface area contributed by atoms with Crippen LogP contribution in [0.25, 0.3) is 10.8 Å². The molecule has 8 nitrogen and oxygen atoms in total. The number of nitrogens with zero attached hydrogens (tertiary/aromatic N) is 1. The first-order valence-corrected chi connectivity index (χ1v) is 11.0. The average molecular weight is 452 g/mol. The second-order valence-electron chi connectivity index (χ2n) is 6.97. The lowest BCUT2D eigenvalue weighted by Crippen LogP contribution is -2.27. The molecule has 0 fully saturated rings. The van der Waals surface area contributed by atoms with Gasteiger partial charge in [0.2, 0.25) is 0 Å². The summed E-state index contributed by atoms with van der Waals surface area (Å²) >= 11 is 0. The maximum atomic E-state index is 12.3. The van der Waals surface area contributed by atoms with Crippen molar-refractivity contribution in [3.63, 3.8) is 0 Å². The number of nitrogens with two attached hydrogens (primary N) is 1. The van der Waals surface area contributed by atoms with Crippen molar-refractivity contribution in [1.29, 1.82) is 0 Å². The first kappa shape index (κ1) is 21.3. The minimum atomic E-state index is -4.64. The van der Waals surface area contributed by atoms with E-state index < -0.39 is 10.1 Å². The van der Waals surface area contributed by atoms with E-state index >= 15 is 0 Å². The third kappa shape index (κ3) is 3.86. The number of phenols is 1. The lowest BCUT2D eigenvalue weighted by molar-refractivity contribution is 0.413. The van der Waals surface area contributed by atoms with Gasteiger partial charge in [-0.2, -0.15) is 8.42 Å². The van der Waals surface area contributed by atoms with E-state index in [-0.39, 0.29) is 22.1 Å². The Morgan fingerprint density at radius 3 is 2.31 bits per heavy atom. The van der Waals surface area contributed by atoms with E-state index in [2.05, 4.69) is 5.43 Å². The van der Waals surface area contributed by atoms with Crippen molar-refractivity contribution in [2.75, 3.05) is 23.3 Å². The molecule has 0 spiro atoms. The van der Waals surface area contributed by atoms with Crippen LogP contribution in [0.4, 0.5) is 22.7 Å². The monoisotopic (exact) mass is 451 g/mol. The van der Waals surface area contributed by atoms with Crippen LogP contribution in [0.3, 0.4) is 0 Å². The Morgan fingerprint density at radius 2 is 1.62 bits per heavy atom. The molecule has 164 valence electrons. The number of ether oxygens (including phenoxy) is 1. The molecule has 4 aromatic carbocycles. The van der Waals surface area contributed by atoms with Crippen LogP contribution in [0.15, 0.2) is 83.8 Å². The molecule has 9 heteroatoms. The highest BCUT2D eigenvalue weighted by Gasteiger charge is 2.27. The molecule has 5 N–H and O–H groups in total. The largest absolute Gasteiger partial charge is 0.507 e. The molecule has 0 aromatic heterocycles. The smallest absolute Gasteiger partial charge is 0.296 e. The minimum Gasteiger partial charge on any atom is -0.507 e. The summed E-state index contributed by atoms with van der Waals surface area (Å²) in [6.07, 6.45) is 0. The molecule has 0 unspecified atom stereocenters. The number of rotatable bonds is 6. The van der Waals surface area contributed by atoms with Gasteiger partial charge in [-0.3, -0.25) is 15.0 Å². The van der Waals surface area contributed by atoms with E-state index in [0.29, 0.717) is 22.4 Å². The molecule has 32 heavy (non-hydrogen) atoms. The third-order valence-electron chi connectivity index (χ3n) is 4.98. The van der Waals surface area contributed by atoms with Gasteiger partial charge in [0.25, 0.3) is 10.1 Å². The van der Waals surface area contributed by atoms with E-state index in [9.17, 15) is 18.1 Å². The summed E-state index contributed by atoms with van der Waals surface area (Å²) in [6.45, 7) is 0. The van der Waals surface area contributed by atoms with E-state index in [1.165, 1.54) is 30.3 Å². The maximum absolute atomic E-state index is 12.3. The fourth-order valence-electron chi connectivity index (χ4n) is 3.54. The van der Waals surface area contributed by atoms with Crippen molar-refractivity contribution in [1.82, 2.24) is 0 Å². The normalized spacial score (nSPS) is 11.3. The number of methoxy groups -OCH3 is 1. The number of aromatic hydroxyl groups is 1. The standard InChI is InChI=1S/C23H21N3O5S/c1-31-20-13-6-14-21(32(28,29)30)23(20)26(25-17-10-3-2-9-16(17)24)18-11-4-7-15-8-5-12-19(27)22(15)18/h2-14,25,27H,24H2,1H3,(H,28,29,30). The number of hydrogen-bond donors (Lipinski definition) is 4. The second kappa shape index (κ2) is 8.29. The maximum Gasteiger partial charge on any atom is 0.296 e.